The molecule has 0 saturated carbocycles. The van der Waals surface area contributed by atoms with Gasteiger partial charge in [-0.1, -0.05) is 18.2 Å². The minimum atomic E-state index is -0.515. The fourth-order valence-corrected chi connectivity index (χ4v) is 3.33. The molecule has 2 aromatic rings. The summed E-state index contributed by atoms with van der Waals surface area (Å²) in [5, 5.41) is 5.13. The van der Waals surface area contributed by atoms with Gasteiger partial charge in [0.25, 0.3) is 0 Å². The quantitative estimate of drug-likeness (QED) is 0.776. The molecule has 0 atom stereocenters. The molecule has 0 bridgehead atoms. The van der Waals surface area contributed by atoms with Crippen molar-refractivity contribution in [3.8, 4) is 0 Å². The van der Waals surface area contributed by atoms with Crippen LogP contribution in [0.4, 0.5) is 20.6 Å². The molecule has 1 aliphatic heterocycles. The Kier molecular flexibility index (Phi) is 6.28. The number of piperazine rings is 1. The van der Waals surface area contributed by atoms with Gasteiger partial charge < -0.3 is 20.4 Å². The average Bonchev–Trinajstić information content (AvgIpc) is 2.69. The minimum absolute atomic E-state index is 0.0873. The van der Waals surface area contributed by atoms with E-state index in [9.17, 15) is 14.0 Å². The zero-order valence-electron chi connectivity index (χ0n) is 14.6. The fraction of sp³-hybridized carbons (Fsp3) is 0.263. The molecule has 2 N–H and O–H groups in total. The summed E-state index contributed by atoms with van der Waals surface area (Å²) < 4.78 is 13.5. The van der Waals surface area contributed by atoms with Crippen molar-refractivity contribution in [1.29, 1.82) is 0 Å². The largest absolute Gasteiger partial charge is 0.368 e. The molecule has 0 aliphatic carbocycles. The van der Waals surface area contributed by atoms with Crippen LogP contribution in [0.15, 0.2) is 53.0 Å². The van der Waals surface area contributed by atoms with E-state index in [0.29, 0.717) is 23.2 Å². The molecule has 3 amide bonds. The van der Waals surface area contributed by atoms with E-state index in [1.165, 1.54) is 18.2 Å². The number of anilines is 2. The summed E-state index contributed by atoms with van der Waals surface area (Å²) in [5.74, 6) is -0.534. The third-order valence-corrected chi connectivity index (χ3v) is 4.99. The van der Waals surface area contributed by atoms with Gasteiger partial charge in [0.15, 0.2) is 0 Å². The van der Waals surface area contributed by atoms with E-state index in [1.807, 2.05) is 18.2 Å². The van der Waals surface area contributed by atoms with Crippen molar-refractivity contribution in [3.05, 3.63) is 58.8 Å². The fourth-order valence-electron chi connectivity index (χ4n) is 2.88. The molecular weight excluding hydrogens is 415 g/mol. The van der Waals surface area contributed by atoms with Gasteiger partial charge in [-0.3, -0.25) is 4.79 Å². The van der Waals surface area contributed by atoms with Crippen molar-refractivity contribution in [2.75, 3.05) is 42.9 Å². The van der Waals surface area contributed by atoms with Crippen molar-refractivity contribution in [2.45, 2.75) is 0 Å². The number of nitrogens with one attached hydrogen (secondary N) is 2. The third kappa shape index (κ3) is 5.19. The molecule has 0 aromatic heterocycles. The highest BCUT2D eigenvalue weighted by Crippen LogP contribution is 2.22. The van der Waals surface area contributed by atoms with Gasteiger partial charge in [0.2, 0.25) is 5.91 Å². The Balaban J connectivity index is 1.44. The summed E-state index contributed by atoms with van der Waals surface area (Å²) in [6.45, 7) is 2.64. The first-order valence-electron chi connectivity index (χ1n) is 8.60. The Labute approximate surface area is 165 Å². The standard InChI is InChI=1S/C19H20BrFN4O2/c20-16-12-14(21)6-7-17(16)23-19(27)22-13-18(26)25-10-8-24(9-11-25)15-4-2-1-3-5-15/h1-7,12H,8-11,13H2,(H2,22,23,27). The molecule has 1 heterocycles. The van der Waals surface area contributed by atoms with Crippen LogP contribution >= 0.6 is 15.9 Å². The lowest BCUT2D eigenvalue weighted by Crippen LogP contribution is -2.51. The number of halogens is 2. The number of hydrogen-bond donors (Lipinski definition) is 2. The van der Waals surface area contributed by atoms with Gasteiger partial charge in [0, 0.05) is 36.3 Å². The second kappa shape index (κ2) is 8.85. The van der Waals surface area contributed by atoms with E-state index < -0.39 is 11.8 Å². The van der Waals surface area contributed by atoms with Crippen LogP contribution in [0.25, 0.3) is 0 Å². The smallest absolute Gasteiger partial charge is 0.319 e. The molecule has 6 nitrogen and oxygen atoms in total. The predicted molar refractivity (Wildman–Crippen MR) is 106 cm³/mol. The number of carbonyl (C=O) groups excluding carboxylic acids is 2. The number of hydrogen-bond acceptors (Lipinski definition) is 3. The molecule has 0 spiro atoms. The lowest BCUT2D eigenvalue weighted by Gasteiger charge is -2.36. The minimum Gasteiger partial charge on any atom is -0.368 e. The predicted octanol–water partition coefficient (Wildman–Crippen LogP) is 3.06. The first kappa shape index (κ1) is 19.2. The molecule has 142 valence electrons. The second-order valence-electron chi connectivity index (χ2n) is 6.14. The van der Waals surface area contributed by atoms with E-state index in [1.54, 1.807) is 4.90 Å². The summed E-state index contributed by atoms with van der Waals surface area (Å²) in [6, 6.07) is 13.5. The molecule has 1 saturated heterocycles. The SMILES string of the molecule is O=C(NCC(=O)N1CCN(c2ccccc2)CC1)Nc1ccc(F)cc1Br. The van der Waals surface area contributed by atoms with Crippen LogP contribution in [0.3, 0.4) is 0 Å². The number of urea groups is 1. The summed E-state index contributed by atoms with van der Waals surface area (Å²) >= 11 is 3.18. The number of amides is 3. The highest BCUT2D eigenvalue weighted by Gasteiger charge is 2.21. The van der Waals surface area contributed by atoms with E-state index in [-0.39, 0.29) is 12.5 Å². The summed E-state index contributed by atoms with van der Waals surface area (Å²) in [4.78, 5) is 28.2. The van der Waals surface area contributed by atoms with Crippen molar-refractivity contribution in [2.24, 2.45) is 0 Å². The van der Waals surface area contributed by atoms with E-state index >= 15 is 0 Å². The lowest BCUT2D eigenvalue weighted by atomic mass is 10.2. The van der Waals surface area contributed by atoms with Crippen LogP contribution in [0.1, 0.15) is 0 Å². The van der Waals surface area contributed by atoms with Crippen molar-refractivity contribution < 1.29 is 14.0 Å². The molecule has 2 aromatic carbocycles. The van der Waals surface area contributed by atoms with Gasteiger partial charge in [0.1, 0.15) is 5.82 Å². The molecule has 1 aliphatic rings. The van der Waals surface area contributed by atoms with E-state index in [2.05, 4.69) is 43.6 Å². The highest BCUT2D eigenvalue weighted by molar-refractivity contribution is 9.10. The summed E-state index contributed by atoms with van der Waals surface area (Å²) in [6.07, 6.45) is 0. The maximum atomic E-state index is 13.1. The molecule has 27 heavy (non-hydrogen) atoms. The van der Waals surface area contributed by atoms with E-state index in [4.69, 9.17) is 0 Å². The molecule has 8 heteroatoms. The van der Waals surface area contributed by atoms with Crippen LogP contribution in [-0.4, -0.2) is 49.6 Å². The number of carbonyl (C=O) groups is 2. The van der Waals surface area contributed by atoms with E-state index in [0.717, 1.165) is 18.8 Å². The average molecular weight is 435 g/mol. The molecule has 3 rings (SSSR count). The Morgan fingerprint density at radius 1 is 1.04 bits per heavy atom. The molecule has 1 fully saturated rings. The van der Waals surface area contributed by atoms with Crippen LogP contribution in [0.5, 0.6) is 0 Å². The summed E-state index contributed by atoms with van der Waals surface area (Å²) in [5.41, 5.74) is 1.57. The van der Waals surface area contributed by atoms with Gasteiger partial charge in [0.05, 0.1) is 12.2 Å². The first-order valence-corrected chi connectivity index (χ1v) is 9.40. The Bertz CT molecular complexity index is 811. The van der Waals surface area contributed by atoms with Crippen molar-refractivity contribution >= 4 is 39.2 Å². The monoisotopic (exact) mass is 434 g/mol. The van der Waals surface area contributed by atoms with Gasteiger partial charge in [-0.2, -0.15) is 0 Å². The van der Waals surface area contributed by atoms with Crippen LogP contribution in [-0.2, 0) is 4.79 Å². The zero-order valence-corrected chi connectivity index (χ0v) is 16.2. The first-order chi connectivity index (χ1) is 13.0. The second-order valence-corrected chi connectivity index (χ2v) is 6.99. The van der Waals surface area contributed by atoms with Crippen molar-refractivity contribution in [3.63, 3.8) is 0 Å². The molecular formula is C19H20BrFN4O2. The Morgan fingerprint density at radius 3 is 2.41 bits per heavy atom. The van der Waals surface area contributed by atoms with Crippen LogP contribution in [0, 0.1) is 5.82 Å². The van der Waals surface area contributed by atoms with Crippen molar-refractivity contribution in [1.82, 2.24) is 10.2 Å². The maximum Gasteiger partial charge on any atom is 0.319 e. The Morgan fingerprint density at radius 2 is 1.74 bits per heavy atom. The van der Waals surface area contributed by atoms with Gasteiger partial charge >= 0.3 is 6.03 Å². The zero-order chi connectivity index (χ0) is 19.2. The third-order valence-electron chi connectivity index (χ3n) is 4.33. The van der Waals surface area contributed by atoms with Crippen LogP contribution < -0.4 is 15.5 Å². The normalized spacial score (nSPS) is 14.0. The molecule has 0 radical (unpaired) electrons. The Hall–Kier alpha value is -2.61. The number of nitrogens with zero attached hydrogens (tertiary/aromatic N) is 2. The lowest BCUT2D eigenvalue weighted by molar-refractivity contribution is -0.130. The molecule has 0 unspecified atom stereocenters. The number of rotatable bonds is 4. The van der Waals surface area contributed by atoms with Gasteiger partial charge in [-0.15, -0.1) is 0 Å². The van der Waals surface area contributed by atoms with Gasteiger partial charge in [-0.05, 0) is 46.3 Å². The number of para-hydroxylation sites is 1. The topological polar surface area (TPSA) is 64.7 Å². The summed E-state index contributed by atoms with van der Waals surface area (Å²) in [7, 11) is 0. The number of benzene rings is 2. The highest BCUT2D eigenvalue weighted by atomic mass is 79.9. The van der Waals surface area contributed by atoms with Crippen LogP contribution in [0.2, 0.25) is 0 Å². The van der Waals surface area contributed by atoms with Gasteiger partial charge in [-0.25, -0.2) is 9.18 Å². The maximum absolute atomic E-state index is 13.1.